The van der Waals surface area contributed by atoms with Gasteiger partial charge in [-0.25, -0.2) is 0 Å². The summed E-state index contributed by atoms with van der Waals surface area (Å²) in [6, 6.07) is 0.660. The highest BCUT2D eigenvalue weighted by atomic mass is 16.5. The molecule has 4 heteroatoms. The van der Waals surface area contributed by atoms with Crippen molar-refractivity contribution in [3.05, 3.63) is 0 Å². The van der Waals surface area contributed by atoms with Gasteiger partial charge >= 0.3 is 0 Å². The lowest BCUT2D eigenvalue weighted by Crippen LogP contribution is -2.52. The summed E-state index contributed by atoms with van der Waals surface area (Å²) in [6.45, 7) is 6.99. The zero-order valence-electron chi connectivity index (χ0n) is 13.2. The normalized spacial score (nSPS) is 28.9. The largest absolute Gasteiger partial charge is 0.375 e. The summed E-state index contributed by atoms with van der Waals surface area (Å²) >= 11 is 0. The molecule has 0 radical (unpaired) electrons. The molecule has 20 heavy (non-hydrogen) atoms. The molecule has 0 aromatic rings. The van der Waals surface area contributed by atoms with E-state index in [1.807, 2.05) is 6.92 Å². The fourth-order valence-corrected chi connectivity index (χ4v) is 3.38. The topological polar surface area (TPSA) is 50.4 Å². The van der Waals surface area contributed by atoms with E-state index in [0.717, 1.165) is 32.3 Å². The van der Waals surface area contributed by atoms with Crippen LogP contribution in [0.15, 0.2) is 0 Å². The highest BCUT2D eigenvalue weighted by molar-refractivity contribution is 5.81. The molecule has 1 aliphatic heterocycles. The van der Waals surface area contributed by atoms with Crippen LogP contribution in [0.4, 0.5) is 0 Å². The van der Waals surface area contributed by atoms with Gasteiger partial charge in [-0.15, -0.1) is 0 Å². The van der Waals surface area contributed by atoms with Crippen molar-refractivity contribution < 1.29 is 9.53 Å². The van der Waals surface area contributed by atoms with Crippen molar-refractivity contribution in [3.8, 4) is 0 Å². The van der Waals surface area contributed by atoms with E-state index in [-0.39, 0.29) is 17.6 Å². The van der Waals surface area contributed by atoms with Gasteiger partial charge in [-0.3, -0.25) is 4.79 Å². The summed E-state index contributed by atoms with van der Waals surface area (Å²) in [5, 5.41) is 6.67. The lowest BCUT2D eigenvalue weighted by atomic mass is 9.93. The molecule has 1 saturated heterocycles. The fourth-order valence-electron chi connectivity index (χ4n) is 3.38. The van der Waals surface area contributed by atoms with Gasteiger partial charge in [0.25, 0.3) is 0 Å². The monoisotopic (exact) mass is 282 g/mol. The molecule has 4 nitrogen and oxygen atoms in total. The molecule has 2 atom stereocenters. The van der Waals surface area contributed by atoms with E-state index in [1.165, 1.54) is 19.3 Å². The summed E-state index contributed by atoms with van der Waals surface area (Å²) in [6.07, 6.45) is 8.06. The predicted octanol–water partition coefficient (Wildman–Crippen LogP) is 2.37. The minimum atomic E-state index is -0.115. The van der Waals surface area contributed by atoms with Crippen LogP contribution < -0.4 is 10.6 Å². The number of amides is 1. The first-order valence-electron chi connectivity index (χ1n) is 8.17. The minimum absolute atomic E-state index is 0.0739. The Morgan fingerprint density at radius 1 is 1.15 bits per heavy atom. The molecule has 2 rings (SSSR count). The van der Waals surface area contributed by atoms with Crippen LogP contribution in [0.2, 0.25) is 0 Å². The number of ether oxygens (including phenoxy) is 1. The number of rotatable bonds is 4. The molecular formula is C16H30N2O2. The highest BCUT2D eigenvalue weighted by Gasteiger charge is 2.30. The van der Waals surface area contributed by atoms with Gasteiger partial charge < -0.3 is 15.4 Å². The maximum atomic E-state index is 12.2. The molecule has 0 aromatic carbocycles. The molecular weight excluding hydrogens is 252 g/mol. The number of hydrogen-bond donors (Lipinski definition) is 2. The first kappa shape index (κ1) is 15.8. The van der Waals surface area contributed by atoms with Gasteiger partial charge in [0.2, 0.25) is 5.91 Å². The lowest BCUT2D eigenvalue weighted by molar-refractivity contribution is -0.124. The Morgan fingerprint density at radius 3 is 2.50 bits per heavy atom. The maximum Gasteiger partial charge on any atom is 0.237 e. The van der Waals surface area contributed by atoms with Crippen LogP contribution in [-0.2, 0) is 9.53 Å². The number of carbonyl (C=O) groups is 1. The van der Waals surface area contributed by atoms with Crippen LogP contribution in [0.1, 0.15) is 65.7 Å². The van der Waals surface area contributed by atoms with Gasteiger partial charge in [0, 0.05) is 18.7 Å². The summed E-state index contributed by atoms with van der Waals surface area (Å²) < 4.78 is 5.72. The van der Waals surface area contributed by atoms with Crippen LogP contribution in [0.25, 0.3) is 0 Å². The maximum absolute atomic E-state index is 12.2. The minimum Gasteiger partial charge on any atom is -0.375 e. The summed E-state index contributed by atoms with van der Waals surface area (Å²) in [4.78, 5) is 12.2. The van der Waals surface area contributed by atoms with Crippen molar-refractivity contribution >= 4 is 5.91 Å². The Morgan fingerprint density at radius 2 is 1.85 bits per heavy atom. The SMILES string of the molecule is CC(NC1CCOC(C)(C)C1)C(=O)NC1CCCCC1. The average molecular weight is 282 g/mol. The molecule has 1 heterocycles. The zero-order valence-corrected chi connectivity index (χ0v) is 13.2. The quantitative estimate of drug-likeness (QED) is 0.832. The molecule has 0 spiro atoms. The molecule has 0 bridgehead atoms. The molecule has 1 saturated carbocycles. The van der Waals surface area contributed by atoms with E-state index >= 15 is 0 Å². The fraction of sp³-hybridized carbons (Fsp3) is 0.938. The number of carbonyl (C=O) groups excluding carboxylic acids is 1. The lowest BCUT2D eigenvalue weighted by Gasteiger charge is -2.37. The Hall–Kier alpha value is -0.610. The third-order valence-electron chi connectivity index (χ3n) is 4.53. The molecule has 2 N–H and O–H groups in total. The predicted molar refractivity (Wildman–Crippen MR) is 80.7 cm³/mol. The second-order valence-electron chi connectivity index (χ2n) is 7.03. The van der Waals surface area contributed by atoms with Crippen molar-refractivity contribution in [1.29, 1.82) is 0 Å². The van der Waals surface area contributed by atoms with Crippen molar-refractivity contribution in [2.75, 3.05) is 6.61 Å². The third-order valence-corrected chi connectivity index (χ3v) is 4.53. The van der Waals surface area contributed by atoms with Gasteiger partial charge in [0.15, 0.2) is 0 Å². The first-order valence-corrected chi connectivity index (χ1v) is 8.17. The number of hydrogen-bond acceptors (Lipinski definition) is 3. The summed E-state index contributed by atoms with van der Waals surface area (Å²) in [7, 11) is 0. The standard InChI is InChI=1S/C16H30N2O2/c1-12(15(19)18-13-7-5-4-6-8-13)17-14-9-10-20-16(2,3)11-14/h12-14,17H,4-11H2,1-3H3,(H,18,19). The van der Waals surface area contributed by atoms with Gasteiger partial charge in [0.1, 0.15) is 0 Å². The third kappa shape index (κ3) is 4.74. The van der Waals surface area contributed by atoms with Gasteiger partial charge in [0.05, 0.1) is 11.6 Å². The van der Waals surface area contributed by atoms with Crippen molar-refractivity contribution in [2.24, 2.45) is 0 Å². The van der Waals surface area contributed by atoms with E-state index in [9.17, 15) is 4.79 Å². The first-order chi connectivity index (χ1) is 9.46. The second kappa shape index (κ2) is 6.90. The molecule has 2 aliphatic rings. The van der Waals surface area contributed by atoms with E-state index in [0.29, 0.717) is 12.1 Å². The van der Waals surface area contributed by atoms with Gasteiger partial charge in [-0.1, -0.05) is 19.3 Å². The van der Waals surface area contributed by atoms with Crippen molar-refractivity contribution in [1.82, 2.24) is 10.6 Å². The van der Waals surface area contributed by atoms with Crippen LogP contribution in [0, 0.1) is 0 Å². The Labute approximate surface area is 123 Å². The average Bonchev–Trinajstić information content (AvgIpc) is 2.38. The molecule has 116 valence electrons. The summed E-state index contributed by atoms with van der Waals surface area (Å²) in [5.41, 5.74) is -0.0739. The van der Waals surface area contributed by atoms with Gasteiger partial charge in [-0.2, -0.15) is 0 Å². The van der Waals surface area contributed by atoms with E-state index in [4.69, 9.17) is 4.74 Å². The van der Waals surface area contributed by atoms with Crippen molar-refractivity contribution in [3.63, 3.8) is 0 Å². The van der Waals surface area contributed by atoms with Gasteiger partial charge in [-0.05, 0) is 46.5 Å². The number of nitrogens with one attached hydrogen (secondary N) is 2. The molecule has 2 unspecified atom stereocenters. The zero-order chi connectivity index (χ0) is 14.6. The highest BCUT2D eigenvalue weighted by Crippen LogP contribution is 2.24. The Kier molecular flexibility index (Phi) is 5.44. The molecule has 0 aromatic heterocycles. The second-order valence-corrected chi connectivity index (χ2v) is 7.03. The molecule has 1 aliphatic carbocycles. The van der Waals surface area contributed by atoms with E-state index < -0.39 is 0 Å². The Balaban J connectivity index is 1.75. The van der Waals surface area contributed by atoms with E-state index in [2.05, 4.69) is 24.5 Å². The smallest absolute Gasteiger partial charge is 0.237 e. The van der Waals surface area contributed by atoms with Crippen molar-refractivity contribution in [2.45, 2.75) is 89.4 Å². The Bertz CT molecular complexity index is 324. The molecule has 2 fully saturated rings. The van der Waals surface area contributed by atoms with Crippen LogP contribution in [0.5, 0.6) is 0 Å². The molecule has 1 amide bonds. The van der Waals surface area contributed by atoms with Crippen LogP contribution in [-0.4, -0.2) is 36.2 Å². The van der Waals surface area contributed by atoms with E-state index in [1.54, 1.807) is 0 Å². The van der Waals surface area contributed by atoms with Crippen LogP contribution >= 0.6 is 0 Å². The summed E-state index contributed by atoms with van der Waals surface area (Å²) in [5.74, 6) is 0.154. The van der Waals surface area contributed by atoms with Crippen LogP contribution in [0.3, 0.4) is 0 Å².